The maximum Gasteiger partial charge on any atom is 0.157 e. The Labute approximate surface area is 159 Å². The Morgan fingerprint density at radius 2 is 1.35 bits per heavy atom. The smallest absolute Gasteiger partial charge is 0.157 e. The number of hydrogen-bond acceptors (Lipinski definition) is 0. The third-order valence-corrected chi connectivity index (χ3v) is 7.99. The lowest BCUT2D eigenvalue weighted by atomic mass is 9.65. The van der Waals surface area contributed by atoms with Gasteiger partial charge in [-0.15, -0.1) is 0 Å². The largest absolute Gasteiger partial charge is 0.239 e. The molecule has 2 atom stereocenters. The van der Waals surface area contributed by atoms with Gasteiger partial charge in [-0.2, -0.15) is 0 Å². The summed E-state index contributed by atoms with van der Waals surface area (Å²) in [4.78, 5) is 0. The maximum absolute atomic E-state index is 14.4. The Morgan fingerprint density at radius 1 is 0.808 bits per heavy atom. The van der Waals surface area contributed by atoms with Crippen LogP contribution in [0, 0.1) is 29.6 Å². The average Bonchev–Trinajstić information content (AvgIpc) is 2.68. The molecule has 2 unspecified atom stereocenters. The van der Waals surface area contributed by atoms with E-state index in [2.05, 4.69) is 13.8 Å². The van der Waals surface area contributed by atoms with Gasteiger partial charge in [0.15, 0.2) is 12.3 Å². The second-order valence-corrected chi connectivity index (χ2v) is 9.24. The third kappa shape index (κ3) is 4.25. The van der Waals surface area contributed by atoms with Gasteiger partial charge in [-0.05, 0) is 99.0 Å². The van der Waals surface area contributed by atoms with E-state index >= 15 is 0 Å². The van der Waals surface area contributed by atoms with E-state index in [1.54, 1.807) is 13.0 Å². The Balaban J connectivity index is 1.49. The van der Waals surface area contributed by atoms with Crippen molar-refractivity contribution in [2.24, 2.45) is 29.6 Å². The molecule has 0 nitrogen and oxygen atoms in total. The Hall–Kier alpha value is -0.660. The van der Waals surface area contributed by atoms with Gasteiger partial charge in [-0.25, -0.2) is 8.78 Å². The fourth-order valence-corrected chi connectivity index (χ4v) is 6.14. The molecule has 148 valence electrons. The van der Waals surface area contributed by atoms with E-state index in [9.17, 15) is 8.78 Å². The van der Waals surface area contributed by atoms with Crippen LogP contribution in [0.15, 0.2) is 23.3 Å². The van der Waals surface area contributed by atoms with Crippen molar-refractivity contribution in [2.75, 3.05) is 0 Å². The van der Waals surface area contributed by atoms with Gasteiger partial charge in [-0.1, -0.05) is 38.8 Å². The molecule has 3 aliphatic rings. The zero-order chi connectivity index (χ0) is 18.7. The van der Waals surface area contributed by atoms with E-state index in [-0.39, 0.29) is 5.92 Å². The average molecular weight is 365 g/mol. The highest BCUT2D eigenvalue weighted by Crippen LogP contribution is 2.46. The summed E-state index contributed by atoms with van der Waals surface area (Å²) in [5.41, 5.74) is 1.27. The molecule has 3 aliphatic carbocycles. The highest BCUT2D eigenvalue weighted by molar-refractivity contribution is 5.32. The summed E-state index contributed by atoms with van der Waals surface area (Å²) in [6.45, 7) is 6.38. The van der Waals surface area contributed by atoms with Crippen molar-refractivity contribution >= 4 is 0 Å². The van der Waals surface area contributed by atoms with Crippen LogP contribution < -0.4 is 0 Å². The van der Waals surface area contributed by atoms with E-state index in [1.165, 1.54) is 51.4 Å². The minimum absolute atomic E-state index is 0.268. The number of alkyl halides is 2. The first-order chi connectivity index (χ1) is 12.5. The van der Waals surface area contributed by atoms with Gasteiger partial charge in [0.05, 0.1) is 0 Å². The van der Waals surface area contributed by atoms with E-state index in [1.807, 2.05) is 6.08 Å². The van der Waals surface area contributed by atoms with Crippen LogP contribution in [-0.2, 0) is 0 Å². The predicted octanol–water partition coefficient (Wildman–Crippen LogP) is 7.60. The van der Waals surface area contributed by atoms with Crippen molar-refractivity contribution in [3.8, 4) is 0 Å². The van der Waals surface area contributed by atoms with Crippen LogP contribution >= 0.6 is 0 Å². The van der Waals surface area contributed by atoms with Gasteiger partial charge in [0, 0.05) is 0 Å². The maximum atomic E-state index is 14.4. The summed E-state index contributed by atoms with van der Waals surface area (Å²) in [5, 5.41) is 0. The normalized spacial score (nSPS) is 38.8. The molecule has 26 heavy (non-hydrogen) atoms. The minimum atomic E-state index is -1.42. The molecular formula is C24H38F2. The monoisotopic (exact) mass is 364 g/mol. The molecule has 0 aromatic heterocycles. The summed E-state index contributed by atoms with van der Waals surface area (Å²) in [6, 6.07) is 0. The fraction of sp³-hybridized carbons (Fsp3) is 0.833. The Kier molecular flexibility index (Phi) is 6.97. The SMILES string of the molecule is CCC(CC)C1CCC(C2CCC(C3=CC=C(C)C(F)C3F)CC2)CC1. The predicted molar refractivity (Wildman–Crippen MR) is 107 cm³/mol. The zero-order valence-electron chi connectivity index (χ0n) is 17.0. The lowest BCUT2D eigenvalue weighted by Gasteiger charge is -2.40. The molecule has 0 aliphatic heterocycles. The molecule has 0 N–H and O–H groups in total. The first kappa shape index (κ1) is 20.1. The molecule has 0 radical (unpaired) electrons. The van der Waals surface area contributed by atoms with Crippen molar-refractivity contribution in [3.05, 3.63) is 23.3 Å². The zero-order valence-corrected chi connectivity index (χ0v) is 17.0. The summed E-state index contributed by atoms with van der Waals surface area (Å²) in [7, 11) is 0. The van der Waals surface area contributed by atoms with Crippen LogP contribution in [0.3, 0.4) is 0 Å². The van der Waals surface area contributed by atoms with Gasteiger partial charge in [0.1, 0.15) is 0 Å². The van der Waals surface area contributed by atoms with E-state index in [0.29, 0.717) is 5.57 Å². The first-order valence-electron chi connectivity index (χ1n) is 11.2. The number of allylic oxidation sites excluding steroid dienone is 4. The molecule has 0 heterocycles. The molecule has 0 saturated heterocycles. The lowest BCUT2D eigenvalue weighted by Crippen LogP contribution is -2.32. The summed E-state index contributed by atoms with van der Waals surface area (Å²) in [5.74, 6) is 3.86. The van der Waals surface area contributed by atoms with Crippen LogP contribution in [0.4, 0.5) is 8.78 Å². The molecule has 2 heteroatoms. The van der Waals surface area contributed by atoms with Crippen molar-refractivity contribution in [3.63, 3.8) is 0 Å². The summed E-state index contributed by atoms with van der Waals surface area (Å²) >= 11 is 0. The van der Waals surface area contributed by atoms with Gasteiger partial charge < -0.3 is 0 Å². The van der Waals surface area contributed by atoms with Crippen LogP contribution in [0.25, 0.3) is 0 Å². The van der Waals surface area contributed by atoms with Crippen LogP contribution in [-0.4, -0.2) is 12.3 Å². The van der Waals surface area contributed by atoms with E-state index < -0.39 is 12.3 Å². The van der Waals surface area contributed by atoms with Crippen molar-refractivity contribution in [1.82, 2.24) is 0 Å². The number of hydrogen-bond donors (Lipinski definition) is 0. The van der Waals surface area contributed by atoms with Gasteiger partial charge in [0.25, 0.3) is 0 Å². The summed E-state index contributed by atoms with van der Waals surface area (Å²) in [6.07, 6.45) is 13.7. The Morgan fingerprint density at radius 3 is 1.88 bits per heavy atom. The minimum Gasteiger partial charge on any atom is -0.239 e. The van der Waals surface area contributed by atoms with E-state index in [4.69, 9.17) is 0 Å². The van der Waals surface area contributed by atoms with Gasteiger partial charge in [-0.3, -0.25) is 0 Å². The van der Waals surface area contributed by atoms with Crippen molar-refractivity contribution < 1.29 is 8.78 Å². The fourth-order valence-electron chi connectivity index (χ4n) is 6.14. The van der Waals surface area contributed by atoms with Gasteiger partial charge >= 0.3 is 0 Å². The molecular weight excluding hydrogens is 326 g/mol. The molecule has 0 spiro atoms. The highest BCUT2D eigenvalue weighted by Gasteiger charge is 2.37. The molecule has 2 saturated carbocycles. The van der Waals surface area contributed by atoms with Gasteiger partial charge in [0.2, 0.25) is 0 Å². The van der Waals surface area contributed by atoms with Crippen LogP contribution in [0.1, 0.15) is 85.0 Å². The van der Waals surface area contributed by atoms with Crippen LogP contribution in [0.5, 0.6) is 0 Å². The molecule has 0 bridgehead atoms. The third-order valence-electron chi connectivity index (χ3n) is 7.99. The van der Waals surface area contributed by atoms with E-state index in [0.717, 1.165) is 42.1 Å². The number of rotatable bonds is 5. The Bertz CT molecular complexity index is 500. The molecule has 0 aromatic rings. The van der Waals surface area contributed by atoms with Crippen LogP contribution in [0.2, 0.25) is 0 Å². The number of halogens is 2. The second kappa shape index (κ2) is 9.02. The summed E-state index contributed by atoms with van der Waals surface area (Å²) < 4.78 is 28.4. The molecule has 0 aromatic carbocycles. The highest BCUT2D eigenvalue weighted by atomic mass is 19.2. The van der Waals surface area contributed by atoms with Crippen molar-refractivity contribution in [2.45, 2.75) is 97.3 Å². The topological polar surface area (TPSA) is 0 Å². The lowest BCUT2D eigenvalue weighted by molar-refractivity contribution is 0.121. The molecule has 3 rings (SSSR count). The second-order valence-electron chi connectivity index (χ2n) is 9.24. The molecule has 2 fully saturated rings. The standard InChI is InChI=1S/C24H38F2/c1-4-17(5-2)18-7-9-19(10-8-18)20-11-13-21(14-12-20)22-15-6-16(3)23(25)24(22)26/h6,15,17-21,23-24H,4-5,7-14H2,1-3H3. The quantitative estimate of drug-likeness (QED) is 0.471. The first-order valence-corrected chi connectivity index (χ1v) is 11.2. The van der Waals surface area contributed by atoms with Crippen molar-refractivity contribution in [1.29, 1.82) is 0 Å². The molecule has 0 amide bonds.